The van der Waals surface area contributed by atoms with Crippen molar-refractivity contribution < 1.29 is 0 Å². The highest BCUT2D eigenvalue weighted by Crippen LogP contribution is 2.19. The van der Waals surface area contributed by atoms with Crippen LogP contribution in [0.15, 0.2) is 31.3 Å². The first-order valence-corrected chi connectivity index (χ1v) is 7.89. The van der Waals surface area contributed by atoms with Gasteiger partial charge in [0.25, 0.3) is 22.2 Å². The highest BCUT2D eigenvalue weighted by atomic mass is 16.2. The lowest BCUT2D eigenvalue weighted by Crippen LogP contribution is -2.40. The summed E-state index contributed by atoms with van der Waals surface area (Å²) in [4.78, 5) is 50.8. The van der Waals surface area contributed by atoms with E-state index >= 15 is 0 Å². The van der Waals surface area contributed by atoms with Crippen LogP contribution in [0.5, 0.6) is 0 Å². The van der Waals surface area contributed by atoms with Crippen molar-refractivity contribution in [3.8, 4) is 24.7 Å². The van der Waals surface area contributed by atoms with E-state index in [4.69, 9.17) is 12.8 Å². The van der Waals surface area contributed by atoms with Gasteiger partial charge in [-0.3, -0.25) is 28.3 Å². The zero-order valence-electron chi connectivity index (χ0n) is 14.8. The van der Waals surface area contributed by atoms with E-state index in [1.54, 1.807) is 27.7 Å². The number of fused-ring (bicyclic) bond motifs is 2. The summed E-state index contributed by atoms with van der Waals surface area (Å²) in [6.07, 6.45) is 10.9. The molecule has 26 heavy (non-hydrogen) atoms. The van der Waals surface area contributed by atoms with E-state index in [-0.39, 0.29) is 21.5 Å². The molecule has 6 nitrogen and oxygen atoms in total. The third-order valence-corrected chi connectivity index (χ3v) is 4.72. The van der Waals surface area contributed by atoms with E-state index in [0.717, 1.165) is 9.13 Å². The summed E-state index contributed by atoms with van der Waals surface area (Å²) < 4.78 is 1.93. The third kappa shape index (κ3) is 2.02. The van der Waals surface area contributed by atoms with E-state index in [2.05, 4.69) is 11.8 Å². The number of terminal acetylenes is 2. The quantitative estimate of drug-likeness (QED) is 0.637. The van der Waals surface area contributed by atoms with Crippen molar-refractivity contribution in [2.75, 3.05) is 0 Å². The molecule has 0 fully saturated rings. The van der Waals surface area contributed by atoms with Crippen molar-refractivity contribution in [1.29, 1.82) is 0 Å². The lowest BCUT2D eigenvalue weighted by molar-refractivity contribution is 0.454. The van der Waals surface area contributed by atoms with Crippen LogP contribution in [-0.4, -0.2) is 9.13 Å². The summed E-state index contributed by atoms with van der Waals surface area (Å²) in [6.45, 7) is 6.26. The summed E-state index contributed by atoms with van der Waals surface area (Å²) in [5, 5.41) is 0.217. The fourth-order valence-corrected chi connectivity index (χ4v) is 3.12. The van der Waals surface area contributed by atoms with Crippen molar-refractivity contribution in [2.24, 2.45) is 0 Å². The van der Waals surface area contributed by atoms with Gasteiger partial charge in [-0.1, -0.05) is 11.8 Å². The average Bonchev–Trinajstić information content (AvgIpc) is 2.98. The molecule has 0 saturated heterocycles. The number of hydrogen-bond donors (Lipinski definition) is 0. The Morgan fingerprint density at radius 3 is 1.08 bits per heavy atom. The van der Waals surface area contributed by atoms with Crippen LogP contribution in [0.25, 0.3) is 21.5 Å². The Morgan fingerprint density at radius 2 is 0.885 bits per heavy atom. The molecule has 0 atom stereocenters. The molecule has 0 aliphatic heterocycles. The van der Waals surface area contributed by atoms with Gasteiger partial charge in [-0.05, 0) is 39.8 Å². The van der Waals surface area contributed by atoms with Crippen molar-refractivity contribution >= 4 is 21.5 Å². The molecular formula is C20H16N2O4. The standard InChI is InChI=1S/C20H16N2O4/c1-7-19(3,4)21-15(23)11-9-13-14(10-12(11)16(21)24)18(26)22(17(13)25)20(5,6)8-2/h1-2,9-10H,3-6H3. The van der Waals surface area contributed by atoms with Crippen LogP contribution < -0.4 is 22.2 Å². The molecule has 130 valence electrons. The Kier molecular flexibility index (Phi) is 3.40. The van der Waals surface area contributed by atoms with Gasteiger partial charge >= 0.3 is 0 Å². The summed E-state index contributed by atoms with van der Waals surface area (Å²) in [5.41, 5.74) is -4.64. The topological polar surface area (TPSA) is 78.1 Å². The van der Waals surface area contributed by atoms with Crippen LogP contribution in [-0.2, 0) is 11.1 Å². The van der Waals surface area contributed by atoms with E-state index in [1.807, 2.05) is 0 Å². The molecule has 0 spiro atoms. The van der Waals surface area contributed by atoms with Crippen LogP contribution in [0, 0.1) is 24.7 Å². The molecule has 0 unspecified atom stereocenters. The normalized spacial score (nSPS) is 12.4. The van der Waals surface area contributed by atoms with Gasteiger partial charge in [0.1, 0.15) is 11.1 Å². The molecule has 0 bridgehead atoms. The second kappa shape index (κ2) is 5.06. The lowest BCUT2D eigenvalue weighted by atomic mass is 10.1. The molecule has 0 aliphatic rings. The first-order valence-electron chi connectivity index (χ1n) is 7.89. The molecular weight excluding hydrogens is 332 g/mol. The van der Waals surface area contributed by atoms with Crippen molar-refractivity contribution in [3.63, 3.8) is 0 Å². The number of nitrogens with zero attached hydrogens (tertiary/aromatic N) is 2. The fourth-order valence-electron chi connectivity index (χ4n) is 3.12. The smallest absolute Gasteiger partial charge is 0.262 e. The van der Waals surface area contributed by atoms with Crippen molar-refractivity contribution in [1.82, 2.24) is 9.13 Å². The minimum absolute atomic E-state index is 0.0542. The number of aromatic nitrogens is 2. The number of hydrogen-bond acceptors (Lipinski definition) is 4. The SMILES string of the molecule is C#CC(C)(C)n1c(=O)c2cc3c(=O)n(C(C)(C)C#C)c(=O)c3cc2c1=O. The summed E-state index contributed by atoms with van der Waals surface area (Å²) in [5.74, 6) is 4.82. The van der Waals surface area contributed by atoms with Gasteiger partial charge in [-0.15, -0.1) is 12.8 Å². The molecule has 0 aliphatic carbocycles. The van der Waals surface area contributed by atoms with E-state index in [9.17, 15) is 19.2 Å². The highest BCUT2D eigenvalue weighted by molar-refractivity contribution is 5.98. The first kappa shape index (κ1) is 17.4. The van der Waals surface area contributed by atoms with Crippen LogP contribution in [0.1, 0.15) is 27.7 Å². The van der Waals surface area contributed by atoms with Crippen molar-refractivity contribution in [3.05, 3.63) is 53.5 Å². The van der Waals surface area contributed by atoms with Gasteiger partial charge in [-0.25, -0.2) is 0 Å². The fraction of sp³-hybridized carbons (Fsp3) is 0.300. The Morgan fingerprint density at radius 1 is 0.654 bits per heavy atom. The van der Waals surface area contributed by atoms with Crippen LogP contribution in [0.4, 0.5) is 0 Å². The van der Waals surface area contributed by atoms with Crippen LogP contribution >= 0.6 is 0 Å². The Bertz CT molecular complexity index is 1190. The van der Waals surface area contributed by atoms with Crippen LogP contribution in [0.3, 0.4) is 0 Å². The maximum absolute atomic E-state index is 12.7. The van der Waals surface area contributed by atoms with Gasteiger partial charge < -0.3 is 0 Å². The first-order chi connectivity index (χ1) is 12.0. The monoisotopic (exact) mass is 348 g/mol. The van der Waals surface area contributed by atoms with Crippen LogP contribution in [0.2, 0.25) is 0 Å². The Labute approximate surface area is 148 Å². The van der Waals surface area contributed by atoms with E-state index in [0.29, 0.717) is 0 Å². The maximum atomic E-state index is 12.7. The molecule has 2 aromatic heterocycles. The summed E-state index contributed by atoms with van der Waals surface area (Å²) in [7, 11) is 0. The Balaban J connectivity index is 2.56. The molecule has 2 heterocycles. The van der Waals surface area contributed by atoms with Gasteiger partial charge in [0.2, 0.25) is 0 Å². The molecule has 0 radical (unpaired) electrons. The molecule has 0 N–H and O–H groups in total. The molecule has 6 heteroatoms. The zero-order chi connectivity index (χ0) is 19.6. The van der Waals surface area contributed by atoms with E-state index in [1.165, 1.54) is 12.1 Å². The molecule has 0 saturated carbocycles. The molecule has 3 aromatic rings. The van der Waals surface area contributed by atoms with Gasteiger partial charge in [0.05, 0.1) is 21.5 Å². The second-order valence-electron chi connectivity index (χ2n) is 7.24. The second-order valence-corrected chi connectivity index (χ2v) is 7.24. The lowest BCUT2D eigenvalue weighted by Gasteiger charge is -2.17. The Hall–Kier alpha value is -3.38. The highest BCUT2D eigenvalue weighted by Gasteiger charge is 2.29. The van der Waals surface area contributed by atoms with Gasteiger partial charge in [-0.2, -0.15) is 0 Å². The molecule has 3 rings (SSSR count). The zero-order valence-corrected chi connectivity index (χ0v) is 14.8. The molecule has 1 aromatic carbocycles. The predicted molar refractivity (Wildman–Crippen MR) is 101 cm³/mol. The number of benzene rings is 1. The minimum atomic E-state index is -1.14. The summed E-state index contributed by atoms with van der Waals surface area (Å²) >= 11 is 0. The maximum Gasteiger partial charge on any atom is 0.262 e. The number of rotatable bonds is 2. The largest absolute Gasteiger partial charge is 0.269 e. The van der Waals surface area contributed by atoms with Gasteiger partial charge in [0.15, 0.2) is 0 Å². The molecule has 0 amide bonds. The minimum Gasteiger partial charge on any atom is -0.269 e. The predicted octanol–water partition coefficient (Wildman–Crippen LogP) is 0.649. The summed E-state index contributed by atoms with van der Waals surface area (Å²) in [6, 6.07) is 2.56. The average molecular weight is 348 g/mol. The third-order valence-electron chi connectivity index (χ3n) is 4.72. The van der Waals surface area contributed by atoms with Crippen molar-refractivity contribution in [2.45, 2.75) is 38.8 Å². The van der Waals surface area contributed by atoms with Gasteiger partial charge in [0, 0.05) is 0 Å². The van der Waals surface area contributed by atoms with E-state index < -0.39 is 33.3 Å².